The standard InChI is InChI=1S/C18H14BrN5O/c19-13-10-15-17(22-11-13)14(6-8-21-15)20-9-7-16-23-24-18(25-16)12-4-2-1-3-5-12/h1-6,8,10-11H,7,9H2,(H,20,21). The lowest BCUT2D eigenvalue weighted by Crippen LogP contribution is -2.06. The van der Waals surface area contributed by atoms with Crippen LogP contribution in [0, 0.1) is 0 Å². The molecule has 4 rings (SSSR count). The highest BCUT2D eigenvalue weighted by molar-refractivity contribution is 9.10. The molecule has 124 valence electrons. The molecule has 3 aromatic heterocycles. The Labute approximate surface area is 152 Å². The lowest BCUT2D eigenvalue weighted by Gasteiger charge is -2.07. The van der Waals surface area contributed by atoms with E-state index in [9.17, 15) is 0 Å². The number of hydrogen-bond donors (Lipinski definition) is 1. The minimum atomic E-state index is 0.538. The second-order valence-corrected chi connectivity index (χ2v) is 6.34. The highest BCUT2D eigenvalue weighted by atomic mass is 79.9. The van der Waals surface area contributed by atoms with Crippen molar-refractivity contribution >= 4 is 32.7 Å². The van der Waals surface area contributed by atoms with Gasteiger partial charge in [-0.2, -0.15) is 0 Å². The summed E-state index contributed by atoms with van der Waals surface area (Å²) in [5.41, 5.74) is 3.52. The van der Waals surface area contributed by atoms with Gasteiger partial charge in [-0.1, -0.05) is 18.2 Å². The lowest BCUT2D eigenvalue weighted by molar-refractivity contribution is 0.509. The summed E-state index contributed by atoms with van der Waals surface area (Å²) in [7, 11) is 0. The van der Waals surface area contributed by atoms with E-state index in [1.54, 1.807) is 12.4 Å². The average Bonchev–Trinajstić information content (AvgIpc) is 3.11. The maximum atomic E-state index is 5.71. The van der Waals surface area contributed by atoms with Crippen LogP contribution < -0.4 is 5.32 Å². The third kappa shape index (κ3) is 3.51. The monoisotopic (exact) mass is 395 g/mol. The number of pyridine rings is 2. The molecule has 25 heavy (non-hydrogen) atoms. The van der Waals surface area contributed by atoms with Crippen LogP contribution in [0.25, 0.3) is 22.5 Å². The molecule has 0 aliphatic carbocycles. The number of hydrogen-bond acceptors (Lipinski definition) is 6. The molecule has 0 aliphatic heterocycles. The summed E-state index contributed by atoms with van der Waals surface area (Å²) < 4.78 is 6.62. The Morgan fingerprint density at radius 3 is 2.80 bits per heavy atom. The molecular formula is C18H14BrN5O. The van der Waals surface area contributed by atoms with Crippen LogP contribution in [-0.4, -0.2) is 26.7 Å². The Kier molecular flexibility index (Phi) is 4.39. The number of nitrogens with zero attached hydrogens (tertiary/aromatic N) is 4. The van der Waals surface area contributed by atoms with Crippen LogP contribution in [0.5, 0.6) is 0 Å². The van der Waals surface area contributed by atoms with Crippen molar-refractivity contribution in [3.05, 3.63) is 65.2 Å². The Bertz CT molecular complexity index is 1000. The fraction of sp³-hybridized carbons (Fsp3) is 0.111. The maximum Gasteiger partial charge on any atom is 0.247 e. The SMILES string of the molecule is Brc1cnc2c(NCCc3nnc(-c4ccccc4)o3)ccnc2c1. The van der Waals surface area contributed by atoms with E-state index >= 15 is 0 Å². The molecule has 0 amide bonds. The first-order chi connectivity index (χ1) is 12.3. The predicted octanol–water partition coefficient (Wildman–Crippen LogP) is 4.10. The van der Waals surface area contributed by atoms with Crippen LogP contribution in [0.4, 0.5) is 5.69 Å². The van der Waals surface area contributed by atoms with E-state index < -0.39 is 0 Å². The minimum absolute atomic E-state index is 0.538. The van der Waals surface area contributed by atoms with Crippen molar-refractivity contribution in [3.63, 3.8) is 0 Å². The van der Waals surface area contributed by atoms with Crippen molar-refractivity contribution in [2.45, 2.75) is 6.42 Å². The molecule has 0 saturated carbocycles. The highest BCUT2D eigenvalue weighted by Gasteiger charge is 2.09. The van der Waals surface area contributed by atoms with Gasteiger partial charge >= 0.3 is 0 Å². The topological polar surface area (TPSA) is 76.7 Å². The first kappa shape index (κ1) is 15.7. The summed E-state index contributed by atoms with van der Waals surface area (Å²) in [5.74, 6) is 1.14. The number of fused-ring (bicyclic) bond motifs is 1. The number of nitrogens with one attached hydrogen (secondary N) is 1. The van der Waals surface area contributed by atoms with Gasteiger partial charge in [0.05, 0.1) is 11.2 Å². The summed E-state index contributed by atoms with van der Waals surface area (Å²) in [6, 6.07) is 13.6. The van der Waals surface area contributed by atoms with Gasteiger partial charge in [0.1, 0.15) is 5.52 Å². The van der Waals surface area contributed by atoms with Gasteiger partial charge in [0.15, 0.2) is 0 Å². The molecule has 0 radical (unpaired) electrons. The van der Waals surface area contributed by atoms with Gasteiger partial charge in [-0.25, -0.2) is 0 Å². The van der Waals surface area contributed by atoms with Gasteiger partial charge in [0.2, 0.25) is 11.8 Å². The van der Waals surface area contributed by atoms with Crippen LogP contribution in [0.15, 0.2) is 63.7 Å². The second kappa shape index (κ2) is 6.98. The van der Waals surface area contributed by atoms with Crippen LogP contribution >= 0.6 is 15.9 Å². The number of anilines is 1. The zero-order chi connectivity index (χ0) is 17.1. The van der Waals surface area contributed by atoms with Crippen molar-refractivity contribution in [2.75, 3.05) is 11.9 Å². The number of aromatic nitrogens is 4. The summed E-state index contributed by atoms with van der Waals surface area (Å²) in [5, 5.41) is 11.6. The molecule has 0 spiro atoms. The van der Waals surface area contributed by atoms with Crippen LogP contribution in [0.1, 0.15) is 5.89 Å². The molecule has 0 unspecified atom stereocenters. The van der Waals surface area contributed by atoms with Crippen molar-refractivity contribution < 1.29 is 4.42 Å². The molecule has 0 aliphatic rings. The molecule has 0 atom stereocenters. The minimum Gasteiger partial charge on any atom is -0.421 e. The molecule has 6 nitrogen and oxygen atoms in total. The quantitative estimate of drug-likeness (QED) is 0.548. The van der Waals surface area contributed by atoms with Crippen molar-refractivity contribution in [1.29, 1.82) is 0 Å². The molecule has 0 fully saturated rings. The first-order valence-electron chi connectivity index (χ1n) is 7.81. The zero-order valence-electron chi connectivity index (χ0n) is 13.2. The lowest BCUT2D eigenvalue weighted by atomic mass is 10.2. The number of benzene rings is 1. The fourth-order valence-corrected chi connectivity index (χ4v) is 2.82. The molecule has 1 aromatic carbocycles. The highest BCUT2D eigenvalue weighted by Crippen LogP contribution is 2.22. The maximum absolute atomic E-state index is 5.71. The summed E-state index contributed by atoms with van der Waals surface area (Å²) in [6.07, 6.45) is 4.15. The Hall–Kier alpha value is -2.80. The third-order valence-electron chi connectivity index (χ3n) is 3.69. The van der Waals surface area contributed by atoms with Crippen LogP contribution in [0.3, 0.4) is 0 Å². The van der Waals surface area contributed by atoms with Gasteiger partial charge in [0, 0.05) is 35.4 Å². The average molecular weight is 396 g/mol. The Morgan fingerprint density at radius 2 is 1.92 bits per heavy atom. The van der Waals surface area contributed by atoms with Gasteiger partial charge in [-0.05, 0) is 40.2 Å². The molecule has 4 aromatic rings. The van der Waals surface area contributed by atoms with E-state index in [0.29, 0.717) is 24.7 Å². The molecule has 3 heterocycles. The van der Waals surface area contributed by atoms with E-state index in [1.165, 1.54) is 0 Å². The summed E-state index contributed by atoms with van der Waals surface area (Å²) in [4.78, 5) is 8.76. The van der Waals surface area contributed by atoms with E-state index in [4.69, 9.17) is 4.42 Å². The molecule has 1 N–H and O–H groups in total. The van der Waals surface area contributed by atoms with Gasteiger partial charge in [-0.15, -0.1) is 10.2 Å². The van der Waals surface area contributed by atoms with Gasteiger partial charge in [0.25, 0.3) is 0 Å². The van der Waals surface area contributed by atoms with E-state index in [-0.39, 0.29) is 0 Å². The van der Waals surface area contributed by atoms with Crippen molar-refractivity contribution in [3.8, 4) is 11.5 Å². The number of rotatable bonds is 5. The van der Waals surface area contributed by atoms with Crippen molar-refractivity contribution in [2.24, 2.45) is 0 Å². The molecule has 7 heteroatoms. The third-order valence-corrected chi connectivity index (χ3v) is 4.12. The zero-order valence-corrected chi connectivity index (χ0v) is 14.8. The van der Waals surface area contributed by atoms with Crippen LogP contribution in [0.2, 0.25) is 0 Å². The molecule has 0 bridgehead atoms. The summed E-state index contributed by atoms with van der Waals surface area (Å²) >= 11 is 3.41. The largest absolute Gasteiger partial charge is 0.421 e. The number of halogens is 1. The fourth-order valence-electron chi connectivity index (χ4n) is 2.50. The second-order valence-electron chi connectivity index (χ2n) is 5.42. The smallest absolute Gasteiger partial charge is 0.247 e. The van der Waals surface area contributed by atoms with Crippen molar-refractivity contribution in [1.82, 2.24) is 20.2 Å². The molecular weight excluding hydrogens is 382 g/mol. The predicted molar refractivity (Wildman–Crippen MR) is 99.2 cm³/mol. The van der Waals surface area contributed by atoms with E-state index in [1.807, 2.05) is 42.5 Å². The summed E-state index contributed by atoms with van der Waals surface area (Å²) in [6.45, 7) is 0.660. The van der Waals surface area contributed by atoms with E-state index in [2.05, 4.69) is 41.4 Å². The van der Waals surface area contributed by atoms with Gasteiger partial charge < -0.3 is 9.73 Å². The normalized spacial score (nSPS) is 10.9. The Balaban J connectivity index is 1.44. The van der Waals surface area contributed by atoms with E-state index in [0.717, 1.165) is 26.8 Å². The molecule has 0 saturated heterocycles. The Morgan fingerprint density at radius 1 is 1.04 bits per heavy atom. The van der Waals surface area contributed by atoms with Crippen LogP contribution in [-0.2, 0) is 6.42 Å². The van der Waals surface area contributed by atoms with Gasteiger partial charge in [-0.3, -0.25) is 9.97 Å². The first-order valence-corrected chi connectivity index (χ1v) is 8.61.